The van der Waals surface area contributed by atoms with E-state index >= 15 is 0 Å². The van der Waals surface area contributed by atoms with Crippen LogP contribution in [0.1, 0.15) is 48.0 Å². The van der Waals surface area contributed by atoms with Crippen molar-refractivity contribution in [3.8, 4) is 0 Å². The Labute approximate surface area is 159 Å². The van der Waals surface area contributed by atoms with Gasteiger partial charge in [0.2, 0.25) is 5.91 Å². The van der Waals surface area contributed by atoms with Crippen LogP contribution in [-0.4, -0.2) is 71.5 Å². The van der Waals surface area contributed by atoms with E-state index in [1.807, 2.05) is 0 Å². The van der Waals surface area contributed by atoms with E-state index in [-0.39, 0.29) is 26.2 Å². The zero-order valence-corrected chi connectivity index (χ0v) is 16.9. The molecule has 0 aromatic heterocycles. The summed E-state index contributed by atoms with van der Waals surface area (Å²) < 4.78 is 10.2. The minimum atomic E-state index is -1.26. The largest absolute Gasteiger partial charge is 0.481 e. The van der Waals surface area contributed by atoms with Gasteiger partial charge in [0.1, 0.15) is 17.6 Å². The first-order valence-corrected chi connectivity index (χ1v) is 8.63. The molecule has 0 aliphatic rings. The summed E-state index contributed by atoms with van der Waals surface area (Å²) >= 11 is 0. The fourth-order valence-electron chi connectivity index (χ4n) is 1.82. The second-order valence-corrected chi connectivity index (χ2v) is 7.81. The van der Waals surface area contributed by atoms with Gasteiger partial charge in [0.25, 0.3) is 0 Å². The lowest BCUT2D eigenvalue weighted by molar-refractivity contribution is -0.144. The van der Waals surface area contributed by atoms with Crippen molar-refractivity contribution in [2.24, 2.45) is 0 Å². The summed E-state index contributed by atoms with van der Waals surface area (Å²) in [5, 5.41) is 13.8. The van der Waals surface area contributed by atoms with Crippen LogP contribution in [0, 0.1) is 0 Å². The molecule has 0 bridgehead atoms. The van der Waals surface area contributed by atoms with E-state index < -0.39 is 41.7 Å². The number of nitrogens with one attached hydrogen (secondary N) is 2. The zero-order chi connectivity index (χ0) is 21.3. The van der Waals surface area contributed by atoms with Crippen LogP contribution < -0.4 is 10.6 Å². The number of aliphatic carboxylic acids is 1. The molecule has 3 N–H and O–H groups in total. The first-order chi connectivity index (χ1) is 12.2. The highest BCUT2D eigenvalue weighted by atomic mass is 16.6. The molecule has 0 aromatic carbocycles. The van der Waals surface area contributed by atoms with E-state index in [0.717, 1.165) is 0 Å². The number of ether oxygens (including phenoxy) is 2. The maximum atomic E-state index is 12.0. The second-order valence-electron chi connectivity index (χ2n) is 7.81. The molecule has 0 saturated heterocycles. The number of carbonyl (C=O) groups excluding carboxylic acids is 3. The normalized spacial score (nSPS) is 11.3. The molecule has 0 heterocycles. The Morgan fingerprint density at radius 1 is 0.815 bits per heavy atom. The second kappa shape index (κ2) is 10.6. The minimum absolute atomic E-state index is 0.0708. The Morgan fingerprint density at radius 2 is 1.19 bits per heavy atom. The standard InChI is InChI=1S/C17H31N3O7/c1-16(2,3)26-14(24)18-7-9-20(12(21)11-13(22)23)10-8-19-15(25)27-17(4,5)6/h7-11H2,1-6H3,(H,18,24)(H,19,25)(H,22,23). The number of alkyl carbamates (subject to hydrolysis) is 2. The molecule has 0 saturated carbocycles. The summed E-state index contributed by atoms with van der Waals surface area (Å²) in [7, 11) is 0. The number of rotatable bonds is 8. The molecule has 0 aliphatic carbocycles. The number of carboxylic acid groups (broad SMARTS) is 1. The van der Waals surface area contributed by atoms with Gasteiger partial charge in [-0.1, -0.05) is 0 Å². The molecule has 3 amide bonds. The van der Waals surface area contributed by atoms with Crippen LogP contribution in [0.2, 0.25) is 0 Å². The van der Waals surface area contributed by atoms with Gasteiger partial charge in [0, 0.05) is 26.2 Å². The molecule has 0 radical (unpaired) electrons. The third-order valence-electron chi connectivity index (χ3n) is 2.76. The van der Waals surface area contributed by atoms with Gasteiger partial charge in [0.15, 0.2) is 0 Å². The third-order valence-corrected chi connectivity index (χ3v) is 2.76. The van der Waals surface area contributed by atoms with Gasteiger partial charge in [-0.3, -0.25) is 9.59 Å². The van der Waals surface area contributed by atoms with E-state index in [4.69, 9.17) is 14.6 Å². The first-order valence-electron chi connectivity index (χ1n) is 8.63. The summed E-state index contributed by atoms with van der Waals surface area (Å²) in [6.45, 7) is 10.6. The molecule has 0 rings (SSSR count). The average Bonchev–Trinajstić information content (AvgIpc) is 2.40. The molecule has 27 heavy (non-hydrogen) atoms. The van der Waals surface area contributed by atoms with Crippen molar-refractivity contribution in [2.75, 3.05) is 26.2 Å². The quantitative estimate of drug-likeness (QED) is 0.533. The van der Waals surface area contributed by atoms with Crippen molar-refractivity contribution in [3.05, 3.63) is 0 Å². The Hall–Kier alpha value is -2.52. The molecule has 156 valence electrons. The summed E-state index contributed by atoms with van der Waals surface area (Å²) in [6, 6.07) is 0. The Balaban J connectivity index is 4.53. The highest BCUT2D eigenvalue weighted by molar-refractivity contribution is 5.93. The summed E-state index contributed by atoms with van der Waals surface area (Å²) in [5.41, 5.74) is -1.31. The van der Waals surface area contributed by atoms with Crippen molar-refractivity contribution in [1.82, 2.24) is 15.5 Å². The number of carbonyl (C=O) groups is 4. The highest BCUT2D eigenvalue weighted by Gasteiger charge is 2.20. The number of carboxylic acids is 1. The van der Waals surface area contributed by atoms with E-state index in [1.165, 1.54) is 4.90 Å². The van der Waals surface area contributed by atoms with Crippen LogP contribution in [0.25, 0.3) is 0 Å². The fraction of sp³-hybridized carbons (Fsp3) is 0.765. The SMILES string of the molecule is CC(C)(C)OC(=O)NCCN(CCNC(=O)OC(C)(C)C)C(=O)CC(=O)O. The van der Waals surface area contributed by atoms with Gasteiger partial charge in [-0.25, -0.2) is 9.59 Å². The molecule has 0 unspecified atom stereocenters. The van der Waals surface area contributed by atoms with Crippen LogP contribution in [0.4, 0.5) is 9.59 Å². The fourth-order valence-corrected chi connectivity index (χ4v) is 1.82. The molecular formula is C17H31N3O7. The van der Waals surface area contributed by atoms with Crippen LogP contribution in [-0.2, 0) is 19.1 Å². The molecule has 0 aromatic rings. The number of hydrogen-bond donors (Lipinski definition) is 3. The predicted octanol–water partition coefficient (Wildman–Crippen LogP) is 1.34. The van der Waals surface area contributed by atoms with Crippen molar-refractivity contribution < 1.29 is 33.8 Å². The maximum Gasteiger partial charge on any atom is 0.407 e. The molecule has 10 heteroatoms. The Kier molecular flexibility index (Phi) is 9.60. The van der Waals surface area contributed by atoms with E-state index in [1.54, 1.807) is 41.5 Å². The van der Waals surface area contributed by atoms with Gasteiger partial charge >= 0.3 is 18.2 Å². The predicted molar refractivity (Wildman–Crippen MR) is 97.3 cm³/mol. The maximum absolute atomic E-state index is 12.0. The van der Waals surface area contributed by atoms with Crippen molar-refractivity contribution in [2.45, 2.75) is 59.2 Å². The number of hydrogen-bond acceptors (Lipinski definition) is 6. The van der Waals surface area contributed by atoms with Crippen LogP contribution in [0.5, 0.6) is 0 Å². The molecule has 10 nitrogen and oxygen atoms in total. The molecule has 0 aliphatic heterocycles. The lowest BCUT2D eigenvalue weighted by Gasteiger charge is -2.24. The monoisotopic (exact) mass is 389 g/mol. The van der Waals surface area contributed by atoms with Crippen molar-refractivity contribution in [1.29, 1.82) is 0 Å². The van der Waals surface area contributed by atoms with Crippen LogP contribution in [0.15, 0.2) is 0 Å². The van der Waals surface area contributed by atoms with Crippen molar-refractivity contribution in [3.63, 3.8) is 0 Å². The number of nitrogens with zero attached hydrogens (tertiary/aromatic N) is 1. The summed E-state index contributed by atoms with van der Waals surface area (Å²) in [5.74, 6) is -1.88. The molecule has 0 atom stereocenters. The minimum Gasteiger partial charge on any atom is -0.481 e. The van der Waals surface area contributed by atoms with Gasteiger partial charge < -0.3 is 30.1 Å². The van der Waals surface area contributed by atoms with E-state index in [9.17, 15) is 19.2 Å². The summed E-state index contributed by atoms with van der Waals surface area (Å²) in [4.78, 5) is 47.3. The molecular weight excluding hydrogens is 358 g/mol. The molecule has 0 spiro atoms. The van der Waals surface area contributed by atoms with Crippen LogP contribution >= 0.6 is 0 Å². The lowest BCUT2D eigenvalue weighted by atomic mass is 10.2. The smallest absolute Gasteiger partial charge is 0.407 e. The summed E-state index contributed by atoms with van der Waals surface area (Å²) in [6.07, 6.45) is -1.96. The Morgan fingerprint density at radius 3 is 1.48 bits per heavy atom. The van der Waals surface area contributed by atoms with Crippen LogP contribution in [0.3, 0.4) is 0 Å². The van der Waals surface area contributed by atoms with E-state index in [2.05, 4.69) is 10.6 Å². The Bertz CT molecular complexity index is 502. The average molecular weight is 389 g/mol. The van der Waals surface area contributed by atoms with Gasteiger partial charge in [0.05, 0.1) is 0 Å². The zero-order valence-electron chi connectivity index (χ0n) is 16.9. The van der Waals surface area contributed by atoms with E-state index in [0.29, 0.717) is 0 Å². The topological polar surface area (TPSA) is 134 Å². The van der Waals surface area contributed by atoms with Gasteiger partial charge in [-0.05, 0) is 41.5 Å². The third kappa shape index (κ3) is 14.3. The van der Waals surface area contributed by atoms with Crippen molar-refractivity contribution >= 4 is 24.1 Å². The first kappa shape index (κ1) is 24.5. The lowest BCUT2D eigenvalue weighted by Crippen LogP contribution is -2.44. The molecule has 0 fully saturated rings. The number of amides is 3. The van der Waals surface area contributed by atoms with Gasteiger partial charge in [-0.2, -0.15) is 0 Å². The van der Waals surface area contributed by atoms with Gasteiger partial charge in [-0.15, -0.1) is 0 Å². The highest BCUT2D eigenvalue weighted by Crippen LogP contribution is 2.07.